The van der Waals surface area contributed by atoms with E-state index in [-0.39, 0.29) is 0 Å². The van der Waals surface area contributed by atoms with Crippen LogP contribution in [0, 0.1) is 6.07 Å². The average molecular weight is 163 g/mol. The normalized spacial score (nSPS) is 11.2. The summed E-state index contributed by atoms with van der Waals surface area (Å²) in [7, 11) is 0. The number of benzene rings is 1. The van der Waals surface area contributed by atoms with E-state index in [9.17, 15) is 4.79 Å². The number of hydrogen-bond donors (Lipinski definition) is 1. The van der Waals surface area contributed by atoms with Gasteiger partial charge in [0, 0.05) is 0 Å². The van der Waals surface area contributed by atoms with Crippen LogP contribution in [0.15, 0.2) is 24.3 Å². The molecule has 2 heteroatoms. The second-order valence-corrected chi connectivity index (χ2v) is 3.22. The molecule has 63 valence electrons. The van der Waals surface area contributed by atoms with Gasteiger partial charge in [0.2, 0.25) is 0 Å². The van der Waals surface area contributed by atoms with Crippen molar-refractivity contribution in [3.63, 3.8) is 0 Å². The summed E-state index contributed by atoms with van der Waals surface area (Å²) in [5.41, 5.74) is -0.0462. The summed E-state index contributed by atoms with van der Waals surface area (Å²) in [6.45, 7) is 3.36. The van der Waals surface area contributed by atoms with E-state index in [0.717, 1.165) is 5.56 Å². The Bertz CT molecular complexity index is 275. The van der Waals surface area contributed by atoms with Crippen LogP contribution >= 0.6 is 0 Å². The summed E-state index contributed by atoms with van der Waals surface area (Å²) in [5, 5.41) is 8.88. The maximum atomic E-state index is 10.8. The summed E-state index contributed by atoms with van der Waals surface area (Å²) in [4.78, 5) is 10.8. The summed E-state index contributed by atoms with van der Waals surface area (Å²) >= 11 is 0. The monoisotopic (exact) mass is 163 g/mol. The highest BCUT2D eigenvalue weighted by atomic mass is 16.4. The summed E-state index contributed by atoms with van der Waals surface area (Å²) < 4.78 is 0. The van der Waals surface area contributed by atoms with Crippen molar-refractivity contribution in [2.24, 2.45) is 0 Å². The van der Waals surface area contributed by atoms with Gasteiger partial charge in [0.25, 0.3) is 0 Å². The largest absolute Gasteiger partial charge is 0.481 e. The quantitative estimate of drug-likeness (QED) is 0.722. The van der Waals surface area contributed by atoms with Gasteiger partial charge in [-0.05, 0) is 25.5 Å². The highest BCUT2D eigenvalue weighted by Gasteiger charge is 2.28. The standard InChI is InChI=1S/C10H11O2/c1-10(2,9(11)12)8-6-4-3-5-7-8/h3-4,6-7H,1-2H3,(H,11,12). The maximum absolute atomic E-state index is 10.8. The molecule has 0 saturated heterocycles. The minimum atomic E-state index is -0.822. The predicted octanol–water partition coefficient (Wildman–Crippen LogP) is 1.85. The molecule has 0 heterocycles. The number of aliphatic carboxylic acids is 1. The Balaban J connectivity index is 3.06. The van der Waals surface area contributed by atoms with Crippen molar-refractivity contribution in [2.75, 3.05) is 0 Å². The molecule has 0 aromatic heterocycles. The Hall–Kier alpha value is -1.31. The summed E-state index contributed by atoms with van der Waals surface area (Å²) in [6.07, 6.45) is 0. The van der Waals surface area contributed by atoms with E-state index in [0.29, 0.717) is 0 Å². The molecular formula is C10H11O2. The van der Waals surface area contributed by atoms with Gasteiger partial charge in [-0.2, -0.15) is 0 Å². The van der Waals surface area contributed by atoms with Crippen LogP contribution in [0.5, 0.6) is 0 Å². The molecule has 0 unspecified atom stereocenters. The lowest BCUT2D eigenvalue weighted by atomic mass is 9.85. The fourth-order valence-corrected chi connectivity index (χ4v) is 0.906. The number of carboxylic acids is 1. The van der Waals surface area contributed by atoms with Crippen LogP contribution in [0.1, 0.15) is 19.4 Å². The van der Waals surface area contributed by atoms with E-state index in [1.807, 2.05) is 0 Å². The number of hydrogen-bond acceptors (Lipinski definition) is 1. The third-order valence-corrected chi connectivity index (χ3v) is 1.96. The van der Waals surface area contributed by atoms with Gasteiger partial charge < -0.3 is 5.11 Å². The molecule has 0 aliphatic rings. The first-order chi connectivity index (χ1) is 5.55. The van der Waals surface area contributed by atoms with Crippen LogP contribution in [0.2, 0.25) is 0 Å². The van der Waals surface area contributed by atoms with Crippen LogP contribution in [0.4, 0.5) is 0 Å². The van der Waals surface area contributed by atoms with Crippen LogP contribution in [0.3, 0.4) is 0 Å². The number of carbonyl (C=O) groups is 1. The lowest BCUT2D eigenvalue weighted by molar-refractivity contribution is -0.142. The van der Waals surface area contributed by atoms with Crippen molar-refractivity contribution < 1.29 is 9.90 Å². The summed E-state index contributed by atoms with van der Waals surface area (Å²) in [6, 6.07) is 9.90. The van der Waals surface area contributed by atoms with E-state index in [4.69, 9.17) is 5.11 Å². The molecule has 0 aliphatic heterocycles. The SMILES string of the molecule is CC(C)(C(=O)O)c1c[c]ccc1. The molecule has 0 aliphatic carbocycles. The fraction of sp³-hybridized carbons (Fsp3) is 0.300. The first-order valence-corrected chi connectivity index (χ1v) is 3.75. The summed E-state index contributed by atoms with van der Waals surface area (Å²) in [5.74, 6) is -0.817. The van der Waals surface area contributed by atoms with Crippen molar-refractivity contribution in [3.05, 3.63) is 35.9 Å². The van der Waals surface area contributed by atoms with Crippen molar-refractivity contribution in [1.29, 1.82) is 0 Å². The molecule has 1 rings (SSSR count). The van der Waals surface area contributed by atoms with Crippen molar-refractivity contribution >= 4 is 5.97 Å². The molecule has 1 radical (unpaired) electrons. The Morgan fingerprint density at radius 3 is 2.67 bits per heavy atom. The van der Waals surface area contributed by atoms with E-state index in [2.05, 4.69) is 6.07 Å². The molecule has 1 aromatic carbocycles. The van der Waals surface area contributed by atoms with Crippen LogP contribution in [-0.2, 0) is 10.2 Å². The zero-order chi connectivity index (χ0) is 9.19. The molecule has 0 spiro atoms. The van der Waals surface area contributed by atoms with Gasteiger partial charge in [0.1, 0.15) is 0 Å². The highest BCUT2D eigenvalue weighted by molar-refractivity contribution is 5.80. The van der Waals surface area contributed by atoms with Crippen molar-refractivity contribution in [1.82, 2.24) is 0 Å². The van der Waals surface area contributed by atoms with E-state index < -0.39 is 11.4 Å². The molecule has 1 N–H and O–H groups in total. The highest BCUT2D eigenvalue weighted by Crippen LogP contribution is 2.22. The van der Waals surface area contributed by atoms with Gasteiger partial charge >= 0.3 is 5.97 Å². The van der Waals surface area contributed by atoms with Gasteiger partial charge in [-0.1, -0.05) is 24.3 Å². The molecule has 0 bridgehead atoms. The number of carboxylic acid groups (broad SMARTS) is 1. The first kappa shape index (κ1) is 8.78. The Morgan fingerprint density at radius 2 is 2.25 bits per heavy atom. The Kier molecular flexibility index (Phi) is 2.18. The molecule has 0 fully saturated rings. The van der Waals surface area contributed by atoms with Gasteiger partial charge in [0.05, 0.1) is 5.41 Å². The minimum absolute atomic E-state index is 0.775. The Labute approximate surface area is 71.8 Å². The topological polar surface area (TPSA) is 37.3 Å². The Morgan fingerprint density at radius 1 is 1.58 bits per heavy atom. The van der Waals surface area contributed by atoms with Gasteiger partial charge in [-0.15, -0.1) is 0 Å². The molecule has 0 saturated carbocycles. The van der Waals surface area contributed by atoms with Gasteiger partial charge in [-0.3, -0.25) is 4.79 Å². The van der Waals surface area contributed by atoms with Crippen LogP contribution in [-0.4, -0.2) is 11.1 Å². The maximum Gasteiger partial charge on any atom is 0.313 e. The predicted molar refractivity (Wildman–Crippen MR) is 45.9 cm³/mol. The molecule has 0 amide bonds. The van der Waals surface area contributed by atoms with Crippen molar-refractivity contribution in [3.8, 4) is 0 Å². The van der Waals surface area contributed by atoms with E-state index in [1.54, 1.807) is 38.1 Å². The molecule has 12 heavy (non-hydrogen) atoms. The molecule has 2 nitrogen and oxygen atoms in total. The van der Waals surface area contributed by atoms with Gasteiger partial charge in [0.15, 0.2) is 0 Å². The second kappa shape index (κ2) is 2.97. The van der Waals surface area contributed by atoms with Crippen molar-refractivity contribution in [2.45, 2.75) is 19.3 Å². The first-order valence-electron chi connectivity index (χ1n) is 3.75. The van der Waals surface area contributed by atoms with E-state index in [1.165, 1.54) is 0 Å². The molecule has 0 atom stereocenters. The smallest absolute Gasteiger partial charge is 0.313 e. The second-order valence-electron chi connectivity index (χ2n) is 3.22. The molecule has 1 aromatic rings. The van der Waals surface area contributed by atoms with Crippen LogP contribution in [0.25, 0.3) is 0 Å². The number of rotatable bonds is 2. The third-order valence-electron chi connectivity index (χ3n) is 1.96. The van der Waals surface area contributed by atoms with Crippen LogP contribution < -0.4 is 0 Å². The zero-order valence-corrected chi connectivity index (χ0v) is 7.16. The fourth-order valence-electron chi connectivity index (χ4n) is 0.906. The molecular weight excluding hydrogens is 152 g/mol. The minimum Gasteiger partial charge on any atom is -0.481 e. The van der Waals surface area contributed by atoms with E-state index >= 15 is 0 Å². The van der Waals surface area contributed by atoms with Gasteiger partial charge in [-0.25, -0.2) is 0 Å². The lowest BCUT2D eigenvalue weighted by Gasteiger charge is -2.18. The zero-order valence-electron chi connectivity index (χ0n) is 7.16. The lowest BCUT2D eigenvalue weighted by Crippen LogP contribution is -2.28. The third kappa shape index (κ3) is 1.47. The average Bonchev–Trinajstić information content (AvgIpc) is 2.06.